The fourth-order valence-corrected chi connectivity index (χ4v) is 5.57. The highest BCUT2D eigenvalue weighted by molar-refractivity contribution is 6.08. The molecule has 0 aromatic carbocycles. The second-order valence-corrected chi connectivity index (χ2v) is 8.06. The molecular formula is C20H22O5. The van der Waals surface area contributed by atoms with E-state index < -0.39 is 5.60 Å². The molecule has 5 rings (SSSR count). The SMILES string of the molecule is C[C@]12CCC3=C(COC3=O)[C@@H]1C[C@@H]1O[C@@]13C(=O)C(CCCO)=CC=C32. The summed E-state index contributed by atoms with van der Waals surface area (Å²) >= 11 is 0. The first-order chi connectivity index (χ1) is 12.0. The van der Waals surface area contributed by atoms with Gasteiger partial charge in [0.1, 0.15) is 12.7 Å². The molecule has 1 N–H and O–H groups in total. The lowest BCUT2D eigenvalue weighted by atomic mass is 9.52. The van der Waals surface area contributed by atoms with E-state index in [-0.39, 0.29) is 35.8 Å². The van der Waals surface area contributed by atoms with E-state index in [1.807, 2.05) is 6.08 Å². The zero-order chi connectivity index (χ0) is 17.4. The zero-order valence-corrected chi connectivity index (χ0v) is 14.3. The molecule has 0 aromatic heterocycles. The lowest BCUT2D eigenvalue weighted by Crippen LogP contribution is -2.49. The molecule has 0 unspecified atom stereocenters. The molecule has 1 spiro atoms. The van der Waals surface area contributed by atoms with Crippen molar-refractivity contribution in [1.82, 2.24) is 0 Å². The number of aliphatic hydroxyl groups excluding tert-OH is 1. The van der Waals surface area contributed by atoms with Gasteiger partial charge in [0, 0.05) is 12.2 Å². The van der Waals surface area contributed by atoms with Gasteiger partial charge in [-0.3, -0.25) is 4.79 Å². The maximum absolute atomic E-state index is 13.1. The van der Waals surface area contributed by atoms with E-state index in [9.17, 15) is 9.59 Å². The molecule has 25 heavy (non-hydrogen) atoms. The molecule has 4 atom stereocenters. The zero-order valence-electron chi connectivity index (χ0n) is 14.3. The fourth-order valence-electron chi connectivity index (χ4n) is 5.57. The summed E-state index contributed by atoms with van der Waals surface area (Å²) in [5.41, 5.74) is 2.91. The summed E-state index contributed by atoms with van der Waals surface area (Å²) in [6, 6.07) is 0. The van der Waals surface area contributed by atoms with Crippen LogP contribution in [0.15, 0.2) is 34.4 Å². The molecule has 2 aliphatic heterocycles. The third-order valence-electron chi connectivity index (χ3n) is 6.95. The van der Waals surface area contributed by atoms with Gasteiger partial charge in [-0.2, -0.15) is 0 Å². The molecule has 2 fully saturated rings. The number of carbonyl (C=O) groups is 2. The van der Waals surface area contributed by atoms with Gasteiger partial charge in [-0.25, -0.2) is 4.79 Å². The number of esters is 1. The Morgan fingerprint density at radius 2 is 2.16 bits per heavy atom. The number of ketones is 1. The molecule has 0 bridgehead atoms. The van der Waals surface area contributed by atoms with E-state index >= 15 is 0 Å². The van der Waals surface area contributed by atoms with Crippen LogP contribution in [0.2, 0.25) is 0 Å². The number of epoxide rings is 1. The Hall–Kier alpha value is -1.72. The van der Waals surface area contributed by atoms with Crippen molar-refractivity contribution in [2.45, 2.75) is 50.7 Å². The normalized spacial score (nSPS) is 41.2. The van der Waals surface area contributed by atoms with Crippen molar-refractivity contribution in [3.63, 3.8) is 0 Å². The summed E-state index contributed by atoms with van der Waals surface area (Å²) < 4.78 is 11.3. The van der Waals surface area contributed by atoms with Crippen LogP contribution in [0.25, 0.3) is 0 Å². The van der Waals surface area contributed by atoms with Crippen molar-refractivity contribution in [3.05, 3.63) is 34.4 Å². The van der Waals surface area contributed by atoms with Gasteiger partial charge in [-0.15, -0.1) is 0 Å². The molecule has 5 aliphatic rings. The van der Waals surface area contributed by atoms with E-state index in [4.69, 9.17) is 14.6 Å². The molecular weight excluding hydrogens is 320 g/mol. The largest absolute Gasteiger partial charge is 0.458 e. The summed E-state index contributed by atoms with van der Waals surface area (Å²) in [6.07, 6.45) is 7.45. The summed E-state index contributed by atoms with van der Waals surface area (Å²) in [6.45, 7) is 2.70. The van der Waals surface area contributed by atoms with Crippen molar-refractivity contribution in [1.29, 1.82) is 0 Å². The Balaban J connectivity index is 1.57. The average molecular weight is 342 g/mol. The topological polar surface area (TPSA) is 76.1 Å². The Morgan fingerprint density at radius 3 is 2.96 bits per heavy atom. The minimum atomic E-state index is -0.772. The number of aliphatic hydroxyl groups is 1. The van der Waals surface area contributed by atoms with Crippen LogP contribution < -0.4 is 0 Å². The first-order valence-electron chi connectivity index (χ1n) is 9.16. The summed E-state index contributed by atoms with van der Waals surface area (Å²) in [4.78, 5) is 25.1. The van der Waals surface area contributed by atoms with Crippen molar-refractivity contribution in [3.8, 4) is 0 Å². The van der Waals surface area contributed by atoms with Crippen molar-refractivity contribution >= 4 is 11.8 Å². The van der Waals surface area contributed by atoms with Crippen molar-refractivity contribution < 1.29 is 24.2 Å². The van der Waals surface area contributed by atoms with Crippen molar-refractivity contribution in [2.24, 2.45) is 11.3 Å². The van der Waals surface area contributed by atoms with Gasteiger partial charge in [0.2, 0.25) is 0 Å². The first kappa shape index (κ1) is 15.5. The predicted octanol–water partition coefficient (Wildman–Crippen LogP) is 2.01. The molecule has 0 radical (unpaired) electrons. The summed E-state index contributed by atoms with van der Waals surface area (Å²) in [7, 11) is 0. The van der Waals surface area contributed by atoms with Gasteiger partial charge < -0.3 is 14.6 Å². The standard InChI is InChI=1S/C20H22O5/c1-19-7-6-12-13(10-24-18(12)23)14(19)9-16-20(25-16)15(19)5-4-11(17(20)22)3-2-8-21/h4-5,14,16,21H,2-3,6-10H2,1H3/t14-,16-,19-,20+/m0/s1. The fraction of sp³-hybridized carbons (Fsp3) is 0.600. The number of ether oxygens (including phenoxy) is 2. The average Bonchev–Trinajstić information content (AvgIpc) is 3.20. The number of carbonyl (C=O) groups excluding carboxylic acids is 2. The molecule has 5 heteroatoms. The van der Waals surface area contributed by atoms with Crippen LogP contribution >= 0.6 is 0 Å². The Kier molecular flexibility index (Phi) is 3.06. The van der Waals surface area contributed by atoms with Crippen LogP contribution in [0.4, 0.5) is 0 Å². The van der Waals surface area contributed by atoms with Crippen LogP contribution in [0.1, 0.15) is 39.0 Å². The predicted molar refractivity (Wildman–Crippen MR) is 88.5 cm³/mol. The van der Waals surface area contributed by atoms with E-state index in [1.165, 1.54) is 0 Å². The molecule has 2 heterocycles. The number of allylic oxidation sites excluding steroid dienone is 2. The third-order valence-corrected chi connectivity index (χ3v) is 6.95. The smallest absolute Gasteiger partial charge is 0.334 e. The number of Topliss-reactive ketones (excluding diaryl/α,β-unsaturated/α-hetero) is 1. The second-order valence-electron chi connectivity index (χ2n) is 8.06. The van der Waals surface area contributed by atoms with E-state index in [1.54, 1.807) is 0 Å². The van der Waals surface area contributed by atoms with Gasteiger partial charge >= 0.3 is 5.97 Å². The summed E-state index contributed by atoms with van der Waals surface area (Å²) in [5.74, 6) is 0.141. The molecule has 0 amide bonds. The number of hydrogen-bond acceptors (Lipinski definition) is 5. The van der Waals surface area contributed by atoms with Gasteiger partial charge in [0.25, 0.3) is 0 Å². The Morgan fingerprint density at radius 1 is 1.32 bits per heavy atom. The highest BCUT2D eigenvalue weighted by Gasteiger charge is 2.73. The van der Waals surface area contributed by atoms with Crippen LogP contribution in [0.3, 0.4) is 0 Å². The lowest BCUT2D eigenvalue weighted by molar-refractivity contribution is -0.136. The minimum Gasteiger partial charge on any atom is -0.458 e. The molecule has 1 saturated heterocycles. The van der Waals surface area contributed by atoms with Gasteiger partial charge in [0.05, 0.1) is 0 Å². The molecule has 3 aliphatic carbocycles. The van der Waals surface area contributed by atoms with Gasteiger partial charge in [-0.05, 0) is 60.2 Å². The number of cyclic esters (lactones) is 1. The molecule has 1 saturated carbocycles. The monoisotopic (exact) mass is 342 g/mol. The Bertz CT molecular complexity index is 788. The lowest BCUT2D eigenvalue weighted by Gasteiger charge is -2.48. The van der Waals surface area contributed by atoms with Gasteiger partial charge in [0.15, 0.2) is 11.4 Å². The number of hydrogen-bond donors (Lipinski definition) is 1. The third kappa shape index (κ3) is 1.80. The van der Waals surface area contributed by atoms with Gasteiger partial charge in [-0.1, -0.05) is 19.1 Å². The summed E-state index contributed by atoms with van der Waals surface area (Å²) in [5, 5.41) is 9.06. The number of rotatable bonds is 3. The van der Waals surface area contributed by atoms with Crippen LogP contribution in [0.5, 0.6) is 0 Å². The number of fused-ring (bicyclic) bond motifs is 3. The molecule has 0 aromatic rings. The van der Waals surface area contributed by atoms with E-state index in [2.05, 4.69) is 13.0 Å². The van der Waals surface area contributed by atoms with Crippen molar-refractivity contribution in [2.75, 3.05) is 13.2 Å². The van der Waals surface area contributed by atoms with E-state index in [0.717, 1.165) is 35.1 Å². The maximum atomic E-state index is 13.1. The minimum absolute atomic E-state index is 0.0849. The van der Waals surface area contributed by atoms with Crippen LogP contribution in [0, 0.1) is 11.3 Å². The second kappa shape index (κ2) is 4.92. The first-order valence-corrected chi connectivity index (χ1v) is 9.16. The van der Waals surface area contributed by atoms with Crippen LogP contribution in [-0.2, 0) is 19.1 Å². The maximum Gasteiger partial charge on any atom is 0.334 e. The van der Waals surface area contributed by atoms with E-state index in [0.29, 0.717) is 25.9 Å². The molecule has 132 valence electrons. The molecule has 5 nitrogen and oxygen atoms in total. The highest BCUT2D eigenvalue weighted by Crippen LogP contribution is 2.67. The highest BCUT2D eigenvalue weighted by atomic mass is 16.6. The quantitative estimate of drug-likeness (QED) is 0.627. The Labute approximate surface area is 146 Å². The van der Waals surface area contributed by atoms with Crippen LogP contribution in [-0.4, -0.2) is 41.8 Å².